The zero-order chi connectivity index (χ0) is 24.7. The van der Waals surface area contributed by atoms with Crippen LogP contribution in [0.15, 0.2) is 18.2 Å². The SMILES string of the molecule is CNC1CC2OC3OC(C)CC(O)(CNCCc4ccc(C)c(C)c4)C3(O)OC2C(NC)C1O. The number of ether oxygens (including phenoxy) is 3. The molecule has 6 N–H and O–H groups in total. The summed E-state index contributed by atoms with van der Waals surface area (Å²) in [5.41, 5.74) is 2.10. The second-order valence-corrected chi connectivity index (χ2v) is 10.2. The first kappa shape index (κ1) is 25.9. The highest BCUT2D eigenvalue weighted by atomic mass is 16.8. The molecule has 0 bridgehead atoms. The quantitative estimate of drug-likeness (QED) is 0.293. The highest BCUT2D eigenvalue weighted by Gasteiger charge is 2.67. The molecule has 4 rings (SSSR count). The third kappa shape index (κ3) is 4.66. The number of rotatable bonds is 7. The molecule has 2 saturated heterocycles. The first-order valence-electron chi connectivity index (χ1n) is 12.3. The van der Waals surface area contributed by atoms with Gasteiger partial charge in [-0.25, -0.2) is 0 Å². The molecule has 1 aromatic rings. The largest absolute Gasteiger partial charge is 0.390 e. The topological polar surface area (TPSA) is 124 Å². The summed E-state index contributed by atoms with van der Waals surface area (Å²) in [6.45, 7) is 6.80. The highest BCUT2D eigenvalue weighted by molar-refractivity contribution is 5.30. The first-order valence-corrected chi connectivity index (χ1v) is 12.3. The molecule has 34 heavy (non-hydrogen) atoms. The number of nitrogens with one attached hydrogen (secondary N) is 3. The summed E-state index contributed by atoms with van der Waals surface area (Å²) >= 11 is 0. The Labute approximate surface area is 202 Å². The predicted octanol–water partition coefficient (Wildman–Crippen LogP) is -0.285. The summed E-state index contributed by atoms with van der Waals surface area (Å²) in [5.74, 6) is -2.07. The van der Waals surface area contributed by atoms with E-state index < -0.39 is 42.0 Å². The molecule has 1 aliphatic carbocycles. The molecule has 1 aromatic carbocycles. The fourth-order valence-corrected chi connectivity index (χ4v) is 5.64. The van der Waals surface area contributed by atoms with Crippen molar-refractivity contribution in [2.24, 2.45) is 0 Å². The van der Waals surface area contributed by atoms with Crippen molar-refractivity contribution in [1.29, 1.82) is 0 Å². The van der Waals surface area contributed by atoms with Gasteiger partial charge in [0.05, 0.1) is 24.4 Å². The van der Waals surface area contributed by atoms with Gasteiger partial charge in [0.1, 0.15) is 11.7 Å². The molecular formula is C25H41N3O6. The van der Waals surface area contributed by atoms with Crippen molar-refractivity contribution < 1.29 is 29.5 Å². The number of fused-ring (bicyclic) bond motifs is 2. The Hall–Kier alpha value is -1.14. The van der Waals surface area contributed by atoms with Gasteiger partial charge in [0, 0.05) is 19.0 Å². The number of aliphatic hydroxyl groups excluding tert-OH is 1. The van der Waals surface area contributed by atoms with E-state index in [2.05, 4.69) is 48.0 Å². The first-order chi connectivity index (χ1) is 16.1. The van der Waals surface area contributed by atoms with Gasteiger partial charge in [-0.05, 0) is 70.9 Å². The molecule has 0 radical (unpaired) electrons. The number of hydrogen-bond donors (Lipinski definition) is 6. The molecule has 3 aliphatic rings. The van der Waals surface area contributed by atoms with E-state index >= 15 is 0 Å². The summed E-state index contributed by atoms with van der Waals surface area (Å²) < 4.78 is 18.3. The molecule has 2 aliphatic heterocycles. The number of aliphatic hydroxyl groups is 3. The van der Waals surface area contributed by atoms with E-state index in [4.69, 9.17) is 14.2 Å². The Balaban J connectivity index is 1.47. The van der Waals surface area contributed by atoms with Crippen LogP contribution in [0.4, 0.5) is 0 Å². The summed E-state index contributed by atoms with van der Waals surface area (Å²) in [6.07, 6.45) is -1.78. The minimum Gasteiger partial charge on any atom is -0.390 e. The van der Waals surface area contributed by atoms with Gasteiger partial charge in [-0.1, -0.05) is 18.2 Å². The van der Waals surface area contributed by atoms with E-state index in [-0.39, 0.29) is 25.1 Å². The van der Waals surface area contributed by atoms with E-state index in [1.165, 1.54) is 16.7 Å². The van der Waals surface area contributed by atoms with Crippen LogP contribution in [0.3, 0.4) is 0 Å². The Morgan fingerprint density at radius 3 is 2.53 bits per heavy atom. The van der Waals surface area contributed by atoms with Crippen molar-refractivity contribution in [1.82, 2.24) is 16.0 Å². The second-order valence-electron chi connectivity index (χ2n) is 10.2. The number of aryl methyl sites for hydroxylation is 2. The van der Waals surface area contributed by atoms with Gasteiger partial charge in [-0.2, -0.15) is 0 Å². The highest BCUT2D eigenvalue weighted by Crippen LogP contribution is 2.46. The maximum absolute atomic E-state index is 11.7. The minimum absolute atomic E-state index is 0.116. The number of hydrogen-bond acceptors (Lipinski definition) is 9. The Bertz CT molecular complexity index is 858. The summed E-state index contributed by atoms with van der Waals surface area (Å²) in [6, 6.07) is 5.73. The fourth-order valence-electron chi connectivity index (χ4n) is 5.64. The van der Waals surface area contributed by atoms with E-state index in [1.807, 2.05) is 6.92 Å². The Morgan fingerprint density at radius 1 is 1.09 bits per heavy atom. The molecule has 0 aromatic heterocycles. The maximum Gasteiger partial charge on any atom is 0.249 e. The lowest BCUT2D eigenvalue weighted by Gasteiger charge is -2.59. The van der Waals surface area contributed by atoms with Crippen LogP contribution < -0.4 is 16.0 Å². The smallest absolute Gasteiger partial charge is 0.249 e. The molecular weight excluding hydrogens is 438 g/mol. The summed E-state index contributed by atoms with van der Waals surface area (Å²) in [5, 5.41) is 43.7. The van der Waals surface area contributed by atoms with Crippen LogP contribution in [-0.2, 0) is 20.6 Å². The van der Waals surface area contributed by atoms with Crippen molar-refractivity contribution in [3.8, 4) is 0 Å². The molecule has 0 amide bonds. The molecule has 9 unspecified atom stereocenters. The Kier molecular flexibility index (Phi) is 7.69. The van der Waals surface area contributed by atoms with Gasteiger partial charge in [-0.15, -0.1) is 0 Å². The summed E-state index contributed by atoms with van der Waals surface area (Å²) in [4.78, 5) is 0. The predicted molar refractivity (Wildman–Crippen MR) is 127 cm³/mol. The summed E-state index contributed by atoms with van der Waals surface area (Å²) in [7, 11) is 3.53. The molecule has 0 spiro atoms. The lowest BCUT2D eigenvalue weighted by atomic mass is 9.79. The van der Waals surface area contributed by atoms with Crippen LogP contribution in [0.5, 0.6) is 0 Å². The van der Waals surface area contributed by atoms with Gasteiger partial charge in [-0.3, -0.25) is 0 Å². The number of likely N-dealkylation sites (N-methyl/N-ethyl adjacent to an activating group) is 2. The zero-order valence-corrected chi connectivity index (χ0v) is 20.9. The number of benzene rings is 1. The van der Waals surface area contributed by atoms with Crippen molar-refractivity contribution >= 4 is 0 Å². The lowest BCUT2D eigenvalue weighted by Crippen LogP contribution is -2.79. The standard InChI is InChI=1S/C25H41N3O6/c1-14-6-7-17(10-15(14)2)8-9-28-13-24(30)12-16(3)32-23-25(24,31)34-22-19(33-23)11-18(26-4)21(29)20(22)27-5/h6-7,10,16,18-23,26-31H,8-9,11-13H2,1-5H3. The monoisotopic (exact) mass is 479 g/mol. The molecule has 9 atom stereocenters. The van der Waals surface area contributed by atoms with Crippen molar-refractivity contribution in [2.75, 3.05) is 27.2 Å². The van der Waals surface area contributed by atoms with E-state index in [0.29, 0.717) is 13.0 Å². The van der Waals surface area contributed by atoms with Crippen molar-refractivity contribution in [3.05, 3.63) is 34.9 Å². The van der Waals surface area contributed by atoms with E-state index in [9.17, 15) is 15.3 Å². The van der Waals surface area contributed by atoms with Gasteiger partial charge in [0.2, 0.25) is 12.1 Å². The lowest BCUT2D eigenvalue weighted by molar-refractivity contribution is -0.477. The van der Waals surface area contributed by atoms with Crippen LogP contribution in [0.2, 0.25) is 0 Å². The van der Waals surface area contributed by atoms with Crippen molar-refractivity contribution in [2.45, 2.75) is 94.2 Å². The molecule has 3 fully saturated rings. The molecule has 9 heteroatoms. The van der Waals surface area contributed by atoms with Crippen LogP contribution in [0, 0.1) is 13.8 Å². The molecule has 2 heterocycles. The normalized spacial score (nSPS) is 42.2. The fraction of sp³-hybridized carbons (Fsp3) is 0.760. The molecule has 1 saturated carbocycles. The molecule has 9 nitrogen and oxygen atoms in total. The zero-order valence-electron chi connectivity index (χ0n) is 20.9. The van der Waals surface area contributed by atoms with E-state index in [1.54, 1.807) is 14.1 Å². The maximum atomic E-state index is 11.7. The van der Waals surface area contributed by atoms with Gasteiger partial charge < -0.3 is 45.5 Å². The van der Waals surface area contributed by atoms with Crippen LogP contribution >= 0.6 is 0 Å². The van der Waals surface area contributed by atoms with Crippen LogP contribution in [0.25, 0.3) is 0 Å². The average molecular weight is 480 g/mol. The Morgan fingerprint density at radius 2 is 1.85 bits per heavy atom. The average Bonchev–Trinajstić information content (AvgIpc) is 2.79. The third-order valence-corrected chi connectivity index (χ3v) is 7.85. The van der Waals surface area contributed by atoms with Crippen LogP contribution in [-0.4, -0.2) is 96.7 Å². The van der Waals surface area contributed by atoms with Gasteiger partial charge in [0.15, 0.2) is 0 Å². The van der Waals surface area contributed by atoms with E-state index in [0.717, 1.165) is 6.42 Å². The minimum atomic E-state index is -2.07. The second kappa shape index (κ2) is 10.1. The van der Waals surface area contributed by atoms with Crippen LogP contribution in [0.1, 0.15) is 36.5 Å². The van der Waals surface area contributed by atoms with Gasteiger partial charge >= 0.3 is 0 Å². The molecule has 192 valence electrons. The van der Waals surface area contributed by atoms with Gasteiger partial charge in [0.25, 0.3) is 0 Å². The van der Waals surface area contributed by atoms with Crippen molar-refractivity contribution in [3.63, 3.8) is 0 Å². The third-order valence-electron chi connectivity index (χ3n) is 7.85.